The van der Waals surface area contributed by atoms with Crippen LogP contribution < -0.4 is 14.4 Å². The molecule has 1 aliphatic rings. The third-order valence-corrected chi connectivity index (χ3v) is 8.72. The van der Waals surface area contributed by atoms with Crippen molar-refractivity contribution in [1.82, 2.24) is 10.2 Å². The maximum absolute atomic E-state index is 13.6. The van der Waals surface area contributed by atoms with E-state index in [1.165, 1.54) is 46.7 Å². The van der Waals surface area contributed by atoms with E-state index in [0.717, 1.165) is 11.1 Å². The van der Waals surface area contributed by atoms with Crippen LogP contribution in [0.3, 0.4) is 0 Å². The summed E-state index contributed by atoms with van der Waals surface area (Å²) in [6.07, 6.45) is 3.01. The van der Waals surface area contributed by atoms with E-state index in [2.05, 4.69) is 34.5 Å². The van der Waals surface area contributed by atoms with Crippen molar-refractivity contribution in [3.8, 4) is 11.5 Å². The Bertz CT molecular complexity index is 1650. The molecule has 0 saturated heterocycles. The highest BCUT2D eigenvalue weighted by Crippen LogP contribution is 2.45. The van der Waals surface area contributed by atoms with E-state index in [1.54, 1.807) is 24.3 Å². The number of hydrogen-bond acceptors (Lipinski definition) is 9. The number of anilines is 1. The summed E-state index contributed by atoms with van der Waals surface area (Å²) in [5.41, 5.74) is 3.63. The summed E-state index contributed by atoms with van der Waals surface area (Å²) in [4.78, 5) is 28.4. The van der Waals surface area contributed by atoms with Crippen LogP contribution in [0.4, 0.5) is 5.13 Å². The highest BCUT2D eigenvalue weighted by Gasteiger charge is 2.45. The molecule has 214 valence electrons. The number of nitrogens with zero attached hydrogens (tertiary/aromatic N) is 3. The third kappa shape index (κ3) is 6.24. The molecular weight excluding hydrogens is 571 g/mol. The molecule has 1 atom stereocenters. The lowest BCUT2D eigenvalue weighted by Gasteiger charge is -2.24. The molecule has 0 fully saturated rings. The molecule has 0 aliphatic carbocycles. The number of aliphatic hydroxyl groups excluding tert-OH is 1. The number of hydrogen-bond donors (Lipinski definition) is 1. The fraction of sp³-hybridized carbons (Fsp3) is 0.188. The summed E-state index contributed by atoms with van der Waals surface area (Å²) in [6, 6.07) is 21.8. The molecule has 0 saturated carbocycles. The SMILES string of the molecule is CCOc1ccc(C2C(C(=O)/C=C/c3ccccc3)=C(O)C(=O)N2c2nnc(SCc3ccc(C)cc3)s2)cc1OC. The minimum Gasteiger partial charge on any atom is -0.503 e. The highest BCUT2D eigenvalue weighted by atomic mass is 32.2. The minimum atomic E-state index is -0.960. The minimum absolute atomic E-state index is 0.0533. The monoisotopic (exact) mass is 599 g/mol. The van der Waals surface area contributed by atoms with E-state index in [4.69, 9.17) is 9.47 Å². The first-order valence-electron chi connectivity index (χ1n) is 13.3. The average molecular weight is 600 g/mol. The van der Waals surface area contributed by atoms with Gasteiger partial charge in [0.1, 0.15) is 0 Å². The van der Waals surface area contributed by atoms with E-state index in [-0.39, 0.29) is 10.7 Å². The average Bonchev–Trinajstić information content (AvgIpc) is 3.58. The molecule has 0 spiro atoms. The molecule has 8 nitrogen and oxygen atoms in total. The van der Waals surface area contributed by atoms with Crippen molar-refractivity contribution in [2.75, 3.05) is 18.6 Å². The smallest absolute Gasteiger partial charge is 0.296 e. The number of carbonyl (C=O) groups excluding carboxylic acids is 2. The second kappa shape index (κ2) is 13.1. The Morgan fingerprint density at radius 2 is 1.83 bits per heavy atom. The van der Waals surface area contributed by atoms with Gasteiger partial charge in [0.05, 0.1) is 25.3 Å². The first kappa shape index (κ1) is 29.1. The fourth-order valence-corrected chi connectivity index (χ4v) is 6.34. The van der Waals surface area contributed by atoms with Gasteiger partial charge in [-0.2, -0.15) is 0 Å². The Labute approximate surface area is 252 Å². The van der Waals surface area contributed by atoms with Crippen molar-refractivity contribution in [2.24, 2.45) is 0 Å². The lowest BCUT2D eigenvalue weighted by Crippen LogP contribution is -2.30. The van der Waals surface area contributed by atoms with Gasteiger partial charge in [-0.05, 0) is 48.7 Å². The molecule has 1 N–H and O–H groups in total. The van der Waals surface area contributed by atoms with E-state index in [9.17, 15) is 14.7 Å². The van der Waals surface area contributed by atoms with Gasteiger partial charge in [0.15, 0.2) is 27.4 Å². The van der Waals surface area contributed by atoms with Gasteiger partial charge < -0.3 is 14.6 Å². The van der Waals surface area contributed by atoms with Gasteiger partial charge in [0.2, 0.25) is 5.13 Å². The topological polar surface area (TPSA) is 102 Å². The lowest BCUT2D eigenvalue weighted by molar-refractivity contribution is -0.117. The van der Waals surface area contributed by atoms with Crippen LogP contribution in [0.15, 0.2) is 94.5 Å². The second-order valence-electron chi connectivity index (χ2n) is 9.42. The number of benzene rings is 3. The molecule has 0 bridgehead atoms. The zero-order chi connectivity index (χ0) is 29.6. The first-order valence-corrected chi connectivity index (χ1v) is 15.1. The van der Waals surface area contributed by atoms with E-state index in [0.29, 0.717) is 33.8 Å². The van der Waals surface area contributed by atoms with Crippen molar-refractivity contribution < 1.29 is 24.2 Å². The summed E-state index contributed by atoms with van der Waals surface area (Å²) in [5.74, 6) is -0.208. The summed E-state index contributed by atoms with van der Waals surface area (Å²) in [6.45, 7) is 4.34. The first-order chi connectivity index (χ1) is 20.4. The van der Waals surface area contributed by atoms with Gasteiger partial charge in [-0.1, -0.05) is 95.4 Å². The number of aryl methyl sites for hydroxylation is 1. The maximum atomic E-state index is 13.6. The number of methoxy groups -OCH3 is 1. The van der Waals surface area contributed by atoms with Crippen LogP contribution in [0.5, 0.6) is 11.5 Å². The molecule has 1 aromatic heterocycles. The second-order valence-corrected chi connectivity index (χ2v) is 11.6. The van der Waals surface area contributed by atoms with Gasteiger partial charge in [-0.3, -0.25) is 14.5 Å². The largest absolute Gasteiger partial charge is 0.503 e. The van der Waals surface area contributed by atoms with Crippen LogP contribution in [0.2, 0.25) is 0 Å². The Kier molecular flexibility index (Phi) is 9.04. The van der Waals surface area contributed by atoms with Crippen LogP contribution in [0.25, 0.3) is 6.08 Å². The molecule has 1 unspecified atom stereocenters. The summed E-state index contributed by atoms with van der Waals surface area (Å²) in [5, 5.41) is 19.9. The normalized spacial score (nSPS) is 15.1. The van der Waals surface area contributed by atoms with Crippen LogP contribution in [-0.2, 0) is 15.3 Å². The lowest BCUT2D eigenvalue weighted by atomic mass is 9.95. The van der Waals surface area contributed by atoms with Gasteiger partial charge in [0.25, 0.3) is 5.91 Å². The number of ether oxygens (including phenoxy) is 2. The van der Waals surface area contributed by atoms with Crippen LogP contribution in [-0.4, -0.2) is 40.7 Å². The summed E-state index contributed by atoms with van der Waals surface area (Å²) in [7, 11) is 1.52. The van der Waals surface area contributed by atoms with Crippen molar-refractivity contribution in [2.45, 2.75) is 30.0 Å². The van der Waals surface area contributed by atoms with Crippen LogP contribution in [0, 0.1) is 6.92 Å². The van der Waals surface area contributed by atoms with E-state index < -0.39 is 23.5 Å². The number of ketones is 1. The van der Waals surface area contributed by atoms with E-state index in [1.807, 2.05) is 44.2 Å². The van der Waals surface area contributed by atoms with Gasteiger partial charge >= 0.3 is 0 Å². The number of carbonyl (C=O) groups is 2. The Hall–Kier alpha value is -4.41. The predicted octanol–water partition coefficient (Wildman–Crippen LogP) is 6.73. The Morgan fingerprint density at radius 3 is 2.55 bits per heavy atom. The van der Waals surface area contributed by atoms with E-state index >= 15 is 0 Å². The quantitative estimate of drug-likeness (QED) is 0.115. The van der Waals surface area contributed by atoms with Crippen LogP contribution >= 0.6 is 23.1 Å². The Balaban J connectivity index is 1.50. The number of aromatic nitrogens is 2. The summed E-state index contributed by atoms with van der Waals surface area (Å²) >= 11 is 2.73. The number of rotatable bonds is 11. The van der Waals surface area contributed by atoms with Crippen molar-refractivity contribution >= 4 is 46.0 Å². The van der Waals surface area contributed by atoms with Gasteiger partial charge in [-0.25, -0.2) is 0 Å². The van der Waals surface area contributed by atoms with Gasteiger partial charge in [0, 0.05) is 5.75 Å². The summed E-state index contributed by atoms with van der Waals surface area (Å²) < 4.78 is 11.9. The van der Waals surface area contributed by atoms with Crippen molar-refractivity contribution in [3.63, 3.8) is 0 Å². The molecule has 3 aromatic carbocycles. The molecule has 1 aliphatic heterocycles. The standard InChI is InChI=1S/C32H29N3O5S2/c1-4-40-25-17-15-23(18-26(25)39-3)28-27(24(36)16-14-21-8-6-5-7-9-21)29(37)30(38)35(28)31-33-34-32(42-31)41-19-22-12-10-20(2)11-13-22/h5-18,28,37H,4,19H2,1-3H3/b16-14+. The number of amides is 1. The highest BCUT2D eigenvalue weighted by molar-refractivity contribution is 8.00. The predicted molar refractivity (Wildman–Crippen MR) is 165 cm³/mol. The number of allylic oxidation sites excluding steroid dienone is 1. The zero-order valence-corrected chi connectivity index (χ0v) is 24.9. The number of thioether (sulfide) groups is 1. The molecular formula is C32H29N3O5S2. The Morgan fingerprint density at radius 1 is 1.07 bits per heavy atom. The third-order valence-electron chi connectivity index (χ3n) is 6.59. The molecule has 0 radical (unpaired) electrons. The number of aliphatic hydroxyl groups is 1. The zero-order valence-electron chi connectivity index (χ0n) is 23.3. The van der Waals surface area contributed by atoms with Gasteiger partial charge in [-0.15, -0.1) is 10.2 Å². The molecule has 1 amide bonds. The maximum Gasteiger partial charge on any atom is 0.296 e. The molecule has 4 aromatic rings. The van der Waals surface area contributed by atoms with Crippen molar-refractivity contribution in [1.29, 1.82) is 0 Å². The molecule has 42 heavy (non-hydrogen) atoms. The molecule has 2 heterocycles. The molecule has 5 rings (SSSR count). The van der Waals surface area contributed by atoms with Crippen LogP contribution in [0.1, 0.15) is 35.2 Å². The molecule has 10 heteroatoms. The fourth-order valence-electron chi connectivity index (χ4n) is 4.51. The van der Waals surface area contributed by atoms with Crippen molar-refractivity contribution in [3.05, 3.63) is 112 Å².